The summed E-state index contributed by atoms with van der Waals surface area (Å²) < 4.78 is 0. The first kappa shape index (κ1) is 11.6. The highest BCUT2D eigenvalue weighted by Gasteiger charge is 2.22. The van der Waals surface area contributed by atoms with Crippen molar-refractivity contribution in [3.63, 3.8) is 0 Å². The van der Waals surface area contributed by atoms with Gasteiger partial charge in [-0.25, -0.2) is 0 Å². The van der Waals surface area contributed by atoms with Gasteiger partial charge in [-0.1, -0.05) is 56.2 Å². The molecule has 1 heteroatoms. The van der Waals surface area contributed by atoms with E-state index in [0.717, 1.165) is 22.3 Å². The number of rotatable bonds is 1. The summed E-state index contributed by atoms with van der Waals surface area (Å²) >= 11 is 0. The molecule has 1 fully saturated rings. The minimum atomic E-state index is 0.507. The zero-order chi connectivity index (χ0) is 12.5. The quantitative estimate of drug-likeness (QED) is 0.756. The first-order valence-electron chi connectivity index (χ1n) is 6.96. The second-order valence-electron chi connectivity index (χ2n) is 5.68. The van der Waals surface area contributed by atoms with E-state index in [1.807, 2.05) is 18.2 Å². The minimum Gasteiger partial charge on any atom is -0.507 e. The van der Waals surface area contributed by atoms with E-state index in [2.05, 4.69) is 25.1 Å². The van der Waals surface area contributed by atoms with Gasteiger partial charge in [0.2, 0.25) is 0 Å². The van der Waals surface area contributed by atoms with Gasteiger partial charge in [-0.2, -0.15) is 0 Å². The van der Waals surface area contributed by atoms with Crippen molar-refractivity contribution in [2.45, 2.75) is 38.5 Å². The van der Waals surface area contributed by atoms with E-state index >= 15 is 0 Å². The molecule has 94 valence electrons. The van der Waals surface area contributed by atoms with Gasteiger partial charge in [0, 0.05) is 5.39 Å². The van der Waals surface area contributed by atoms with Crippen LogP contribution in [-0.2, 0) is 0 Å². The smallest absolute Gasteiger partial charge is 0.126 e. The van der Waals surface area contributed by atoms with E-state index in [9.17, 15) is 5.11 Å². The average molecular weight is 240 g/mol. The van der Waals surface area contributed by atoms with Crippen molar-refractivity contribution >= 4 is 10.8 Å². The number of benzene rings is 2. The third kappa shape index (κ3) is 1.98. The Labute approximate surface area is 108 Å². The molecule has 0 heterocycles. The van der Waals surface area contributed by atoms with Crippen LogP contribution in [0.4, 0.5) is 0 Å². The first-order valence-corrected chi connectivity index (χ1v) is 6.96. The normalized spacial score (nSPS) is 24.3. The van der Waals surface area contributed by atoms with E-state index in [1.54, 1.807) is 0 Å². The topological polar surface area (TPSA) is 20.2 Å². The Hall–Kier alpha value is -1.50. The summed E-state index contributed by atoms with van der Waals surface area (Å²) in [5.41, 5.74) is 1.15. The standard InChI is InChI=1S/C17H20O/c1-12-6-8-14(9-7-12)16-11-10-13-4-2-3-5-15(13)17(16)18/h2-5,10-12,14,18H,6-9H2,1H3. The molecule has 0 bridgehead atoms. The third-order valence-corrected chi connectivity index (χ3v) is 4.39. The van der Waals surface area contributed by atoms with Crippen LogP contribution in [0.2, 0.25) is 0 Å². The summed E-state index contributed by atoms with van der Waals surface area (Å²) in [6, 6.07) is 12.3. The molecule has 1 aliphatic carbocycles. The molecule has 0 aromatic heterocycles. The highest BCUT2D eigenvalue weighted by molar-refractivity contribution is 5.89. The van der Waals surface area contributed by atoms with Crippen LogP contribution in [0.25, 0.3) is 10.8 Å². The van der Waals surface area contributed by atoms with Gasteiger partial charge in [0.15, 0.2) is 0 Å². The fourth-order valence-electron chi connectivity index (χ4n) is 3.17. The van der Waals surface area contributed by atoms with E-state index in [1.165, 1.54) is 25.7 Å². The maximum absolute atomic E-state index is 10.5. The molecule has 0 unspecified atom stereocenters. The summed E-state index contributed by atoms with van der Waals surface area (Å²) in [5.74, 6) is 1.90. The van der Waals surface area contributed by atoms with Crippen LogP contribution in [0.15, 0.2) is 36.4 Å². The van der Waals surface area contributed by atoms with Crippen LogP contribution in [0, 0.1) is 5.92 Å². The zero-order valence-electron chi connectivity index (χ0n) is 10.9. The molecule has 2 aromatic carbocycles. The van der Waals surface area contributed by atoms with Gasteiger partial charge in [0.25, 0.3) is 0 Å². The number of aromatic hydroxyl groups is 1. The maximum Gasteiger partial charge on any atom is 0.126 e. The zero-order valence-corrected chi connectivity index (χ0v) is 10.9. The molecule has 0 spiro atoms. The molecule has 1 aliphatic rings. The van der Waals surface area contributed by atoms with Crippen LogP contribution in [0.5, 0.6) is 5.75 Å². The fraction of sp³-hybridized carbons (Fsp3) is 0.412. The lowest BCUT2D eigenvalue weighted by Gasteiger charge is -2.27. The van der Waals surface area contributed by atoms with Gasteiger partial charge in [0.05, 0.1) is 0 Å². The molecule has 3 rings (SSSR count). The van der Waals surface area contributed by atoms with Crippen LogP contribution in [0.1, 0.15) is 44.1 Å². The highest BCUT2D eigenvalue weighted by Crippen LogP contribution is 2.41. The summed E-state index contributed by atoms with van der Waals surface area (Å²) in [6.45, 7) is 2.33. The fourth-order valence-corrected chi connectivity index (χ4v) is 3.17. The van der Waals surface area contributed by atoms with Crippen molar-refractivity contribution in [1.82, 2.24) is 0 Å². The molecule has 0 amide bonds. The molecule has 2 aromatic rings. The van der Waals surface area contributed by atoms with Crippen molar-refractivity contribution in [3.8, 4) is 5.75 Å². The van der Waals surface area contributed by atoms with Gasteiger partial charge in [-0.3, -0.25) is 0 Å². The predicted octanol–water partition coefficient (Wildman–Crippen LogP) is 4.84. The number of fused-ring (bicyclic) bond motifs is 1. The van der Waals surface area contributed by atoms with Crippen molar-refractivity contribution in [2.24, 2.45) is 5.92 Å². The van der Waals surface area contributed by atoms with Gasteiger partial charge in [-0.15, -0.1) is 0 Å². The SMILES string of the molecule is CC1CCC(c2ccc3ccccc3c2O)CC1. The Bertz CT molecular complexity index is 551. The third-order valence-electron chi connectivity index (χ3n) is 4.39. The van der Waals surface area contributed by atoms with Gasteiger partial charge in [0.1, 0.15) is 5.75 Å². The number of hydrogen-bond donors (Lipinski definition) is 1. The number of phenolic OH excluding ortho intramolecular Hbond substituents is 1. The summed E-state index contributed by atoms with van der Waals surface area (Å²) in [4.78, 5) is 0. The molecule has 0 saturated heterocycles. The summed E-state index contributed by atoms with van der Waals surface area (Å²) in [5, 5.41) is 12.6. The van der Waals surface area contributed by atoms with E-state index in [-0.39, 0.29) is 0 Å². The molecule has 1 saturated carbocycles. The van der Waals surface area contributed by atoms with Gasteiger partial charge < -0.3 is 5.11 Å². The Kier molecular flexibility index (Phi) is 2.99. The van der Waals surface area contributed by atoms with Crippen molar-refractivity contribution in [3.05, 3.63) is 42.0 Å². The number of phenols is 1. The monoisotopic (exact) mass is 240 g/mol. The molecule has 0 radical (unpaired) electrons. The Balaban J connectivity index is 1.99. The summed E-state index contributed by atoms with van der Waals surface area (Å²) in [6.07, 6.45) is 5.01. The molecule has 1 nitrogen and oxygen atoms in total. The minimum absolute atomic E-state index is 0.507. The maximum atomic E-state index is 10.5. The molecule has 0 aliphatic heterocycles. The lowest BCUT2D eigenvalue weighted by Crippen LogP contribution is -2.10. The largest absolute Gasteiger partial charge is 0.507 e. The second kappa shape index (κ2) is 4.64. The van der Waals surface area contributed by atoms with E-state index in [4.69, 9.17) is 0 Å². The molecular weight excluding hydrogens is 220 g/mol. The van der Waals surface area contributed by atoms with Crippen LogP contribution < -0.4 is 0 Å². The second-order valence-corrected chi connectivity index (χ2v) is 5.68. The Morgan fingerprint density at radius 3 is 2.44 bits per heavy atom. The number of hydrogen-bond acceptors (Lipinski definition) is 1. The van der Waals surface area contributed by atoms with Crippen LogP contribution in [0.3, 0.4) is 0 Å². The van der Waals surface area contributed by atoms with Crippen LogP contribution in [-0.4, -0.2) is 5.11 Å². The Morgan fingerprint density at radius 1 is 0.944 bits per heavy atom. The first-order chi connectivity index (χ1) is 8.75. The van der Waals surface area contributed by atoms with Crippen molar-refractivity contribution < 1.29 is 5.11 Å². The lowest BCUT2D eigenvalue weighted by atomic mass is 9.79. The Morgan fingerprint density at radius 2 is 1.67 bits per heavy atom. The van der Waals surface area contributed by atoms with E-state index in [0.29, 0.717) is 11.7 Å². The molecule has 18 heavy (non-hydrogen) atoms. The molecule has 1 N–H and O–H groups in total. The summed E-state index contributed by atoms with van der Waals surface area (Å²) in [7, 11) is 0. The highest BCUT2D eigenvalue weighted by atomic mass is 16.3. The van der Waals surface area contributed by atoms with Crippen molar-refractivity contribution in [2.75, 3.05) is 0 Å². The van der Waals surface area contributed by atoms with Gasteiger partial charge >= 0.3 is 0 Å². The lowest BCUT2D eigenvalue weighted by molar-refractivity contribution is 0.341. The molecule has 0 atom stereocenters. The molecular formula is C17H20O. The predicted molar refractivity (Wildman–Crippen MR) is 76.0 cm³/mol. The van der Waals surface area contributed by atoms with Crippen LogP contribution >= 0.6 is 0 Å². The van der Waals surface area contributed by atoms with Gasteiger partial charge in [-0.05, 0) is 35.6 Å². The van der Waals surface area contributed by atoms with E-state index < -0.39 is 0 Å². The average Bonchev–Trinajstić information content (AvgIpc) is 2.41. The van der Waals surface area contributed by atoms with Crippen molar-refractivity contribution in [1.29, 1.82) is 0 Å².